The summed E-state index contributed by atoms with van der Waals surface area (Å²) in [5.74, 6) is -0.114. The molecule has 1 aliphatic carbocycles. The fourth-order valence-corrected chi connectivity index (χ4v) is 3.00. The molecule has 5 nitrogen and oxygen atoms in total. The van der Waals surface area contributed by atoms with Crippen molar-refractivity contribution >= 4 is 29.3 Å². The highest BCUT2D eigenvalue weighted by atomic mass is 35.5. The Morgan fingerprint density at radius 3 is 2.86 bits per heavy atom. The van der Waals surface area contributed by atoms with E-state index in [1.807, 2.05) is 29.7 Å². The van der Waals surface area contributed by atoms with Crippen molar-refractivity contribution in [2.75, 3.05) is 5.75 Å². The molecule has 0 aliphatic heterocycles. The molecule has 0 atom stereocenters. The average Bonchev–Trinajstić information content (AvgIpc) is 3.19. The number of carbonyl (C=O) groups is 1. The predicted octanol–water partition coefficient (Wildman–Crippen LogP) is 3.42. The van der Waals surface area contributed by atoms with E-state index in [2.05, 4.69) is 10.2 Å². The van der Waals surface area contributed by atoms with Gasteiger partial charge in [0.25, 0.3) is 0 Å². The molecule has 110 valence electrons. The summed E-state index contributed by atoms with van der Waals surface area (Å²) in [7, 11) is 0. The van der Waals surface area contributed by atoms with E-state index >= 15 is 0 Å². The molecule has 1 fully saturated rings. The van der Waals surface area contributed by atoms with Crippen LogP contribution >= 0.6 is 23.4 Å². The first-order valence-electron chi connectivity index (χ1n) is 6.62. The lowest BCUT2D eigenvalue weighted by atomic mass is 10.1. The summed E-state index contributed by atoms with van der Waals surface area (Å²) in [6.45, 7) is 1.95. The van der Waals surface area contributed by atoms with Crippen LogP contribution in [0, 0.1) is 6.92 Å². The molecular weight excluding hydrogens is 310 g/mol. The number of rotatable bonds is 5. The average molecular weight is 324 g/mol. The number of aliphatic carboxylic acids is 1. The number of nitrogens with zero attached hydrogens (tertiary/aromatic N) is 3. The van der Waals surface area contributed by atoms with E-state index in [9.17, 15) is 4.79 Å². The standard InChI is InChI=1S/C14H14ClN3O2S/c1-8-2-3-9(6-11(8)15)13-16-17-14(21-7-12(19)20)18(13)10-4-5-10/h2-3,6,10H,4-5,7H2,1H3,(H,19,20). The maximum atomic E-state index is 10.7. The van der Waals surface area contributed by atoms with Crippen LogP contribution < -0.4 is 0 Å². The lowest BCUT2D eigenvalue weighted by Gasteiger charge is -2.09. The minimum absolute atomic E-state index is 0.0144. The second-order valence-corrected chi connectivity index (χ2v) is 6.40. The number of carboxylic acid groups (broad SMARTS) is 1. The van der Waals surface area contributed by atoms with Gasteiger partial charge in [-0.15, -0.1) is 10.2 Å². The topological polar surface area (TPSA) is 68.0 Å². The summed E-state index contributed by atoms with van der Waals surface area (Å²) in [6, 6.07) is 6.17. The molecule has 0 bridgehead atoms. The SMILES string of the molecule is Cc1ccc(-c2nnc(SCC(=O)O)n2C2CC2)cc1Cl. The largest absolute Gasteiger partial charge is 0.481 e. The Labute approximate surface area is 131 Å². The molecule has 2 aromatic rings. The summed E-state index contributed by atoms with van der Waals surface area (Å²) in [5, 5.41) is 18.6. The van der Waals surface area contributed by atoms with Crippen LogP contribution in [0.5, 0.6) is 0 Å². The molecule has 0 spiro atoms. The number of aryl methyl sites for hydroxylation is 1. The molecule has 21 heavy (non-hydrogen) atoms. The summed E-state index contributed by atoms with van der Waals surface area (Å²) in [6.07, 6.45) is 2.15. The van der Waals surface area contributed by atoms with E-state index in [0.29, 0.717) is 16.2 Å². The maximum Gasteiger partial charge on any atom is 0.313 e. The lowest BCUT2D eigenvalue weighted by molar-refractivity contribution is -0.133. The Morgan fingerprint density at radius 1 is 1.48 bits per heavy atom. The van der Waals surface area contributed by atoms with E-state index in [-0.39, 0.29) is 5.75 Å². The highest BCUT2D eigenvalue weighted by Gasteiger charge is 2.30. The van der Waals surface area contributed by atoms with Crippen LogP contribution in [0.2, 0.25) is 5.02 Å². The summed E-state index contributed by atoms with van der Waals surface area (Å²) < 4.78 is 2.04. The summed E-state index contributed by atoms with van der Waals surface area (Å²) in [4.78, 5) is 10.7. The number of hydrogen-bond acceptors (Lipinski definition) is 4. The van der Waals surface area contributed by atoms with Crippen LogP contribution in [0.25, 0.3) is 11.4 Å². The van der Waals surface area contributed by atoms with Crippen molar-refractivity contribution in [1.29, 1.82) is 0 Å². The summed E-state index contributed by atoms with van der Waals surface area (Å²) in [5.41, 5.74) is 1.92. The van der Waals surface area contributed by atoms with Crippen molar-refractivity contribution in [3.05, 3.63) is 28.8 Å². The fraction of sp³-hybridized carbons (Fsp3) is 0.357. The molecule has 3 rings (SSSR count). The van der Waals surface area contributed by atoms with E-state index in [1.165, 1.54) is 11.8 Å². The van der Waals surface area contributed by atoms with Crippen LogP contribution in [-0.2, 0) is 4.79 Å². The molecule has 1 aromatic carbocycles. The van der Waals surface area contributed by atoms with Gasteiger partial charge < -0.3 is 5.11 Å². The molecule has 7 heteroatoms. The van der Waals surface area contributed by atoms with Crippen LogP contribution in [0.3, 0.4) is 0 Å². The van der Waals surface area contributed by atoms with Gasteiger partial charge in [-0.25, -0.2) is 0 Å². The number of thioether (sulfide) groups is 1. The normalized spacial score (nSPS) is 14.4. The Balaban J connectivity index is 1.98. The molecule has 0 amide bonds. The van der Waals surface area contributed by atoms with Crippen LogP contribution in [0.15, 0.2) is 23.4 Å². The number of aromatic nitrogens is 3. The first-order chi connectivity index (χ1) is 10.1. The minimum Gasteiger partial charge on any atom is -0.481 e. The van der Waals surface area contributed by atoms with Gasteiger partial charge in [-0.2, -0.15) is 0 Å². The monoisotopic (exact) mass is 323 g/mol. The van der Waals surface area contributed by atoms with Gasteiger partial charge in [-0.05, 0) is 31.4 Å². The lowest BCUT2D eigenvalue weighted by Crippen LogP contribution is -2.03. The van der Waals surface area contributed by atoms with Crippen LogP contribution in [-0.4, -0.2) is 31.6 Å². The first kappa shape index (κ1) is 14.4. The van der Waals surface area contributed by atoms with Crippen LogP contribution in [0.1, 0.15) is 24.4 Å². The third-order valence-electron chi connectivity index (χ3n) is 3.33. The first-order valence-corrected chi connectivity index (χ1v) is 7.98. The van der Waals surface area contributed by atoms with Gasteiger partial charge in [0, 0.05) is 16.6 Å². The number of hydrogen-bond donors (Lipinski definition) is 1. The van der Waals surface area contributed by atoms with Gasteiger partial charge in [-0.1, -0.05) is 35.5 Å². The van der Waals surface area contributed by atoms with E-state index < -0.39 is 5.97 Å². The zero-order valence-electron chi connectivity index (χ0n) is 11.4. The second kappa shape index (κ2) is 5.69. The Kier molecular flexibility index (Phi) is 3.91. The molecule has 0 saturated heterocycles. The zero-order valence-corrected chi connectivity index (χ0v) is 13.0. The number of benzene rings is 1. The van der Waals surface area contributed by atoms with E-state index in [1.54, 1.807) is 0 Å². The third kappa shape index (κ3) is 3.06. The van der Waals surface area contributed by atoms with Crippen molar-refractivity contribution in [3.63, 3.8) is 0 Å². The Morgan fingerprint density at radius 2 is 2.24 bits per heavy atom. The van der Waals surface area contributed by atoms with Crippen LogP contribution in [0.4, 0.5) is 0 Å². The van der Waals surface area contributed by atoms with Crippen molar-refractivity contribution in [3.8, 4) is 11.4 Å². The number of carboxylic acids is 1. The maximum absolute atomic E-state index is 10.7. The van der Waals surface area contributed by atoms with Gasteiger partial charge in [0.1, 0.15) is 0 Å². The number of halogens is 1. The third-order valence-corrected chi connectivity index (χ3v) is 4.67. The van der Waals surface area contributed by atoms with Crippen molar-refractivity contribution in [2.24, 2.45) is 0 Å². The molecule has 1 aromatic heterocycles. The smallest absolute Gasteiger partial charge is 0.313 e. The molecule has 1 saturated carbocycles. The van der Waals surface area contributed by atoms with Gasteiger partial charge in [0.2, 0.25) is 0 Å². The quantitative estimate of drug-likeness (QED) is 0.854. The highest BCUT2D eigenvalue weighted by Crippen LogP contribution is 2.41. The zero-order chi connectivity index (χ0) is 15.0. The van der Waals surface area contributed by atoms with Crippen molar-refractivity contribution < 1.29 is 9.90 Å². The molecular formula is C14H14ClN3O2S. The van der Waals surface area contributed by atoms with E-state index in [0.717, 1.165) is 29.8 Å². The predicted molar refractivity (Wildman–Crippen MR) is 81.8 cm³/mol. The molecule has 1 aliphatic rings. The molecule has 0 unspecified atom stereocenters. The fourth-order valence-electron chi connectivity index (χ4n) is 2.09. The van der Waals surface area contributed by atoms with E-state index in [4.69, 9.17) is 16.7 Å². The van der Waals surface area contributed by atoms with Gasteiger partial charge >= 0.3 is 5.97 Å². The highest BCUT2D eigenvalue weighted by molar-refractivity contribution is 7.99. The molecule has 1 N–H and O–H groups in total. The molecule has 0 radical (unpaired) electrons. The van der Waals surface area contributed by atoms with Gasteiger partial charge in [0.15, 0.2) is 11.0 Å². The Hall–Kier alpha value is -1.53. The minimum atomic E-state index is -0.856. The van der Waals surface area contributed by atoms with Gasteiger partial charge in [-0.3, -0.25) is 9.36 Å². The summed E-state index contributed by atoms with van der Waals surface area (Å²) >= 11 is 7.38. The second-order valence-electron chi connectivity index (χ2n) is 5.05. The Bertz CT molecular complexity index is 698. The van der Waals surface area contributed by atoms with Crippen molar-refractivity contribution in [1.82, 2.24) is 14.8 Å². The van der Waals surface area contributed by atoms with Crippen molar-refractivity contribution in [2.45, 2.75) is 31.0 Å². The molecule has 1 heterocycles. The van der Waals surface area contributed by atoms with Gasteiger partial charge in [0.05, 0.1) is 5.75 Å².